The lowest BCUT2D eigenvalue weighted by Crippen LogP contribution is -2.11. The highest BCUT2D eigenvalue weighted by Crippen LogP contribution is 2.28. The topological polar surface area (TPSA) is 33.1 Å². The minimum absolute atomic E-state index is 0.0504. The fourth-order valence-electron chi connectivity index (χ4n) is 1.15. The third-order valence-electron chi connectivity index (χ3n) is 2.07. The molecule has 0 spiro atoms. The van der Waals surface area contributed by atoms with Crippen LogP contribution >= 0.6 is 11.3 Å². The molecule has 3 heteroatoms. The molecule has 0 fully saturated rings. The van der Waals surface area contributed by atoms with Gasteiger partial charge in [-0.3, -0.25) is 0 Å². The second kappa shape index (κ2) is 4.78. The summed E-state index contributed by atoms with van der Waals surface area (Å²) in [5.41, 5.74) is 0.801. The molecule has 0 aliphatic rings. The van der Waals surface area contributed by atoms with Crippen molar-refractivity contribution in [3.63, 3.8) is 0 Å². The number of aliphatic hydroxyl groups excluding tert-OH is 1. The lowest BCUT2D eigenvalue weighted by molar-refractivity contribution is 0.165. The fraction of sp³-hybridized carbons (Fsp3) is 0.583. The normalized spacial score (nSPS) is 13.5. The molecule has 1 atom stereocenters. The number of hydrogen-bond donors (Lipinski definition) is 1. The first kappa shape index (κ1) is 12.2. The molecule has 1 unspecified atom stereocenters. The largest absolute Gasteiger partial charge is 0.387 e. The van der Waals surface area contributed by atoms with Gasteiger partial charge in [0.1, 0.15) is 0 Å². The molecule has 0 aliphatic carbocycles. The smallest absolute Gasteiger partial charge is 0.0983 e. The van der Waals surface area contributed by atoms with Crippen molar-refractivity contribution in [2.75, 3.05) is 0 Å². The van der Waals surface area contributed by atoms with Crippen LogP contribution in [0.3, 0.4) is 0 Å². The molecule has 1 rings (SSSR count). The van der Waals surface area contributed by atoms with Crippen LogP contribution in [0.25, 0.3) is 0 Å². The highest BCUT2D eigenvalue weighted by molar-refractivity contribution is 7.09. The lowest BCUT2D eigenvalue weighted by Gasteiger charge is -2.14. The van der Waals surface area contributed by atoms with Crippen molar-refractivity contribution < 1.29 is 5.11 Å². The zero-order valence-electron chi connectivity index (χ0n) is 9.45. The van der Waals surface area contributed by atoms with E-state index in [2.05, 4.69) is 31.7 Å². The van der Waals surface area contributed by atoms with E-state index in [9.17, 15) is 5.11 Å². The predicted octanol–water partition coefficient (Wildman–Crippen LogP) is 2.89. The van der Waals surface area contributed by atoms with E-state index in [0.29, 0.717) is 12.8 Å². The Hall–Kier alpha value is -0.850. The first-order valence-corrected chi connectivity index (χ1v) is 5.90. The first-order chi connectivity index (χ1) is 6.95. The third-order valence-corrected chi connectivity index (χ3v) is 3.35. The van der Waals surface area contributed by atoms with E-state index < -0.39 is 6.10 Å². The van der Waals surface area contributed by atoms with Crippen molar-refractivity contribution in [3.05, 3.63) is 16.1 Å². The number of hydrogen-bond acceptors (Lipinski definition) is 3. The molecule has 0 amide bonds. The van der Waals surface area contributed by atoms with Gasteiger partial charge in [0.15, 0.2) is 0 Å². The van der Waals surface area contributed by atoms with Crippen molar-refractivity contribution in [3.8, 4) is 12.3 Å². The molecular formula is C12H17NOS. The molecule has 0 aliphatic heterocycles. The van der Waals surface area contributed by atoms with Gasteiger partial charge in [0.25, 0.3) is 0 Å². The Kier molecular flexibility index (Phi) is 3.90. The van der Waals surface area contributed by atoms with E-state index in [-0.39, 0.29) is 5.41 Å². The monoisotopic (exact) mass is 223 g/mol. The summed E-state index contributed by atoms with van der Waals surface area (Å²) >= 11 is 1.60. The van der Waals surface area contributed by atoms with Gasteiger partial charge in [-0.2, -0.15) is 0 Å². The zero-order chi connectivity index (χ0) is 11.5. The number of aromatic nitrogens is 1. The Labute approximate surface area is 95.4 Å². The number of rotatable bonds is 3. The van der Waals surface area contributed by atoms with Crippen molar-refractivity contribution in [1.82, 2.24) is 4.98 Å². The highest BCUT2D eigenvalue weighted by atomic mass is 32.1. The maximum absolute atomic E-state index is 9.78. The van der Waals surface area contributed by atoms with E-state index in [4.69, 9.17) is 6.42 Å². The average Bonchev–Trinajstić information content (AvgIpc) is 2.62. The van der Waals surface area contributed by atoms with Crippen LogP contribution in [0.4, 0.5) is 0 Å². The average molecular weight is 223 g/mol. The van der Waals surface area contributed by atoms with Gasteiger partial charge in [0.05, 0.1) is 16.8 Å². The Bertz CT molecular complexity index is 356. The Balaban J connectivity index is 2.72. The second-order valence-electron chi connectivity index (χ2n) is 4.59. The van der Waals surface area contributed by atoms with Gasteiger partial charge in [0, 0.05) is 17.2 Å². The van der Waals surface area contributed by atoms with Gasteiger partial charge < -0.3 is 5.11 Å². The molecule has 0 radical (unpaired) electrons. The molecule has 1 N–H and O–H groups in total. The van der Waals surface area contributed by atoms with E-state index in [0.717, 1.165) is 10.7 Å². The Morgan fingerprint density at radius 2 is 2.27 bits per heavy atom. The van der Waals surface area contributed by atoms with E-state index in [1.54, 1.807) is 11.3 Å². The van der Waals surface area contributed by atoms with Crippen LogP contribution in [0.5, 0.6) is 0 Å². The molecule has 1 aromatic rings. The Morgan fingerprint density at radius 3 is 2.73 bits per heavy atom. The van der Waals surface area contributed by atoms with Gasteiger partial charge in [0.2, 0.25) is 0 Å². The maximum atomic E-state index is 9.78. The van der Waals surface area contributed by atoms with Gasteiger partial charge in [-0.25, -0.2) is 4.98 Å². The molecule has 0 saturated carbocycles. The number of terminal acetylenes is 1. The van der Waals surface area contributed by atoms with Crippen LogP contribution in [0, 0.1) is 12.3 Å². The summed E-state index contributed by atoms with van der Waals surface area (Å²) in [6, 6.07) is 0. The van der Waals surface area contributed by atoms with Gasteiger partial charge in [-0.05, 0) is 6.42 Å². The van der Waals surface area contributed by atoms with Gasteiger partial charge in [-0.1, -0.05) is 20.8 Å². The van der Waals surface area contributed by atoms with Gasteiger partial charge >= 0.3 is 0 Å². The van der Waals surface area contributed by atoms with Crippen LogP contribution in [0.15, 0.2) is 5.38 Å². The van der Waals surface area contributed by atoms with Crippen molar-refractivity contribution >= 4 is 11.3 Å². The SMILES string of the molecule is C#CCCC(O)c1csc(C(C)(C)C)n1. The summed E-state index contributed by atoms with van der Waals surface area (Å²) in [6.07, 6.45) is 5.80. The minimum Gasteiger partial charge on any atom is -0.387 e. The predicted molar refractivity (Wildman–Crippen MR) is 63.8 cm³/mol. The van der Waals surface area contributed by atoms with Crippen molar-refractivity contribution in [1.29, 1.82) is 0 Å². The van der Waals surface area contributed by atoms with E-state index >= 15 is 0 Å². The highest BCUT2D eigenvalue weighted by Gasteiger charge is 2.20. The summed E-state index contributed by atoms with van der Waals surface area (Å²) in [6.45, 7) is 6.34. The zero-order valence-corrected chi connectivity index (χ0v) is 10.3. The number of nitrogens with zero attached hydrogens (tertiary/aromatic N) is 1. The summed E-state index contributed by atoms with van der Waals surface area (Å²) in [7, 11) is 0. The summed E-state index contributed by atoms with van der Waals surface area (Å²) in [5.74, 6) is 2.52. The standard InChI is InChI=1S/C12H17NOS/c1-5-6-7-10(14)9-8-15-11(13-9)12(2,3)4/h1,8,10,14H,6-7H2,2-4H3. The van der Waals surface area contributed by atoms with E-state index in [1.807, 2.05) is 5.38 Å². The van der Waals surface area contributed by atoms with Crippen molar-refractivity contribution in [2.45, 2.75) is 45.1 Å². The molecule has 2 nitrogen and oxygen atoms in total. The van der Waals surface area contributed by atoms with Crippen molar-refractivity contribution in [2.24, 2.45) is 0 Å². The third kappa shape index (κ3) is 3.33. The Morgan fingerprint density at radius 1 is 1.60 bits per heavy atom. The quantitative estimate of drug-likeness (QED) is 0.799. The molecule has 1 aromatic heterocycles. The molecule has 0 saturated heterocycles. The number of thiazole rings is 1. The summed E-state index contributed by atoms with van der Waals surface area (Å²) in [5, 5.41) is 12.8. The summed E-state index contributed by atoms with van der Waals surface area (Å²) in [4.78, 5) is 4.43. The molecule has 0 aromatic carbocycles. The minimum atomic E-state index is -0.520. The molecule has 15 heavy (non-hydrogen) atoms. The maximum Gasteiger partial charge on any atom is 0.0983 e. The van der Waals surface area contributed by atoms with Crippen LogP contribution in [-0.2, 0) is 5.41 Å². The van der Waals surface area contributed by atoms with Crippen LogP contribution in [0.2, 0.25) is 0 Å². The first-order valence-electron chi connectivity index (χ1n) is 5.02. The van der Waals surface area contributed by atoms with Crippen LogP contribution in [-0.4, -0.2) is 10.1 Å². The molecule has 1 heterocycles. The molecule has 0 bridgehead atoms. The molecule has 82 valence electrons. The van der Waals surface area contributed by atoms with Crippen LogP contribution < -0.4 is 0 Å². The summed E-state index contributed by atoms with van der Waals surface area (Å²) < 4.78 is 0. The molecular weight excluding hydrogens is 206 g/mol. The van der Waals surface area contributed by atoms with Crippen LogP contribution in [0.1, 0.15) is 50.4 Å². The van der Waals surface area contributed by atoms with E-state index in [1.165, 1.54) is 0 Å². The lowest BCUT2D eigenvalue weighted by atomic mass is 9.98. The van der Waals surface area contributed by atoms with Gasteiger partial charge in [-0.15, -0.1) is 23.7 Å². The second-order valence-corrected chi connectivity index (χ2v) is 5.44. The number of aliphatic hydroxyl groups is 1. The fourth-order valence-corrected chi connectivity index (χ4v) is 2.11.